The van der Waals surface area contributed by atoms with Gasteiger partial charge in [-0.15, -0.1) is 0 Å². The molecule has 1 aliphatic heterocycles. The molecule has 10 heteroatoms. The summed E-state index contributed by atoms with van der Waals surface area (Å²) in [5.41, 5.74) is 0.598. The maximum atomic E-state index is 14.6. The van der Waals surface area contributed by atoms with Gasteiger partial charge in [-0.25, -0.2) is 9.37 Å². The smallest absolute Gasteiger partial charge is 0.248 e. The minimum Gasteiger partial charge on any atom is -0.486 e. The maximum absolute atomic E-state index is 14.6. The number of amides is 2. The number of pyridine rings is 1. The Morgan fingerprint density at radius 3 is 2.68 bits per heavy atom. The van der Waals surface area contributed by atoms with Gasteiger partial charge in [-0.2, -0.15) is 10.5 Å². The van der Waals surface area contributed by atoms with E-state index in [-0.39, 0.29) is 36.7 Å². The van der Waals surface area contributed by atoms with Gasteiger partial charge in [0.1, 0.15) is 35.8 Å². The predicted octanol–water partition coefficient (Wildman–Crippen LogP) is 2.17. The van der Waals surface area contributed by atoms with Crippen molar-refractivity contribution in [3.05, 3.63) is 42.1 Å². The number of benzene rings is 1. The van der Waals surface area contributed by atoms with E-state index >= 15 is 0 Å². The second-order valence-corrected chi connectivity index (χ2v) is 8.36. The lowest BCUT2D eigenvalue weighted by atomic mass is 10.0. The molecule has 1 aromatic carbocycles. The van der Waals surface area contributed by atoms with Crippen LogP contribution in [-0.4, -0.2) is 58.8 Å². The van der Waals surface area contributed by atoms with Crippen LogP contribution in [0.3, 0.4) is 0 Å². The number of aromatic nitrogens is 1. The fourth-order valence-electron chi connectivity index (χ4n) is 3.83. The first kappa shape index (κ1) is 23.1. The third kappa shape index (κ3) is 4.68. The first-order chi connectivity index (χ1) is 16.4. The first-order valence-corrected chi connectivity index (χ1v) is 10.8. The molecule has 2 N–H and O–H groups in total. The number of carbonyl (C=O) groups excluding carboxylic acids is 2. The van der Waals surface area contributed by atoms with E-state index in [0.29, 0.717) is 29.8 Å². The van der Waals surface area contributed by atoms with Crippen LogP contribution in [0.15, 0.2) is 36.5 Å². The number of rotatable bonds is 6. The fraction of sp³-hybridized carbons (Fsp3) is 0.375. The normalized spacial score (nSPS) is 20.5. The Labute approximate surface area is 195 Å². The second kappa shape index (κ2) is 9.46. The zero-order chi connectivity index (χ0) is 24.3. The van der Waals surface area contributed by atoms with Crippen molar-refractivity contribution in [3.63, 3.8) is 0 Å². The number of hydrogen-bond acceptors (Lipinski definition) is 7. The highest BCUT2D eigenvalue weighted by Gasteiger charge is 2.50. The number of nitrogens with zero attached hydrogens (tertiary/aromatic N) is 4. The quantitative estimate of drug-likeness (QED) is 0.669. The average molecular weight is 463 g/mol. The number of carbonyl (C=O) groups is 2. The summed E-state index contributed by atoms with van der Waals surface area (Å²) in [5.74, 6) is -0.384. The van der Waals surface area contributed by atoms with Gasteiger partial charge in [0.15, 0.2) is 6.17 Å². The van der Waals surface area contributed by atoms with E-state index in [1.54, 1.807) is 30.3 Å². The molecule has 4 rings (SSSR count). The van der Waals surface area contributed by atoms with Gasteiger partial charge in [-0.3, -0.25) is 9.59 Å². The molecule has 1 saturated heterocycles. The zero-order valence-corrected chi connectivity index (χ0v) is 18.2. The minimum atomic E-state index is -1.45. The van der Waals surface area contributed by atoms with Crippen LogP contribution in [0.5, 0.6) is 5.75 Å². The molecule has 2 amide bonds. The van der Waals surface area contributed by atoms with Crippen molar-refractivity contribution in [2.75, 3.05) is 25.0 Å². The number of hydrogen-bond donors (Lipinski definition) is 2. The SMILES string of the molecule is N#Cc1cc(-c2ccnc(NC(=O)C3(C#N)CC3)c2)ccc1O[C@H]1CCN(C(=O)CO)C[C@H]1F. The first-order valence-electron chi connectivity index (χ1n) is 10.8. The van der Waals surface area contributed by atoms with Crippen molar-refractivity contribution in [1.82, 2.24) is 9.88 Å². The van der Waals surface area contributed by atoms with Gasteiger partial charge >= 0.3 is 0 Å². The lowest BCUT2D eigenvalue weighted by molar-refractivity contribution is -0.138. The summed E-state index contributed by atoms with van der Waals surface area (Å²) < 4.78 is 20.4. The van der Waals surface area contributed by atoms with E-state index in [4.69, 9.17) is 9.84 Å². The van der Waals surface area contributed by atoms with Crippen molar-refractivity contribution in [2.45, 2.75) is 31.5 Å². The van der Waals surface area contributed by atoms with Crippen molar-refractivity contribution in [2.24, 2.45) is 5.41 Å². The van der Waals surface area contributed by atoms with Crippen LogP contribution in [0.1, 0.15) is 24.8 Å². The van der Waals surface area contributed by atoms with E-state index in [1.165, 1.54) is 11.1 Å². The maximum Gasteiger partial charge on any atom is 0.248 e. The van der Waals surface area contributed by atoms with Crippen molar-refractivity contribution >= 4 is 17.6 Å². The van der Waals surface area contributed by atoms with Gasteiger partial charge in [0.25, 0.3) is 0 Å². The van der Waals surface area contributed by atoms with Gasteiger partial charge in [-0.05, 0) is 48.2 Å². The Morgan fingerprint density at radius 1 is 1.26 bits per heavy atom. The molecule has 9 nitrogen and oxygen atoms in total. The number of nitriles is 2. The second-order valence-electron chi connectivity index (χ2n) is 8.36. The van der Waals surface area contributed by atoms with Crippen molar-refractivity contribution < 1.29 is 23.8 Å². The summed E-state index contributed by atoms with van der Waals surface area (Å²) in [4.78, 5) is 29.3. The standard InChI is InChI=1S/C24H22FN5O4/c25-18-12-30(22(32)13-31)8-4-20(18)34-19-2-1-15(9-17(19)11-26)16-3-7-28-21(10-16)29-23(33)24(14-27)5-6-24/h1-3,7,9-10,18,20,31H,4-6,8,12-13H2,(H,28,29,33)/t18-,20+/m1/s1. The highest BCUT2D eigenvalue weighted by Crippen LogP contribution is 2.45. The summed E-state index contributed by atoms with van der Waals surface area (Å²) in [6.45, 7) is -0.594. The minimum absolute atomic E-state index is 0.178. The predicted molar refractivity (Wildman–Crippen MR) is 118 cm³/mol. The third-order valence-corrected chi connectivity index (χ3v) is 6.08. The number of nitrogens with one attached hydrogen (secondary N) is 1. The number of anilines is 1. The number of likely N-dealkylation sites (tertiary alicyclic amines) is 1. The molecule has 1 aliphatic carbocycles. The molecular weight excluding hydrogens is 441 g/mol. The molecule has 2 fully saturated rings. The van der Waals surface area contributed by atoms with E-state index in [9.17, 15) is 24.5 Å². The number of piperidine rings is 1. The molecular formula is C24H22FN5O4. The molecule has 1 aromatic heterocycles. The molecule has 1 saturated carbocycles. The molecule has 0 radical (unpaired) electrons. The highest BCUT2D eigenvalue weighted by molar-refractivity contribution is 5.98. The summed E-state index contributed by atoms with van der Waals surface area (Å²) >= 11 is 0. The van der Waals surface area contributed by atoms with E-state index < -0.39 is 30.2 Å². The number of alkyl halides is 1. The Morgan fingerprint density at radius 2 is 2.03 bits per heavy atom. The van der Waals surface area contributed by atoms with E-state index in [1.807, 2.05) is 6.07 Å². The molecule has 2 aromatic rings. The highest BCUT2D eigenvalue weighted by atomic mass is 19.1. The summed E-state index contributed by atoms with van der Waals surface area (Å²) in [6, 6.07) is 12.4. The van der Waals surface area contributed by atoms with Crippen LogP contribution in [0.4, 0.5) is 10.2 Å². The van der Waals surface area contributed by atoms with Gasteiger partial charge in [0.05, 0.1) is 18.2 Å². The van der Waals surface area contributed by atoms with Crippen molar-refractivity contribution in [1.29, 1.82) is 10.5 Å². The van der Waals surface area contributed by atoms with Gasteiger partial charge in [0, 0.05) is 19.2 Å². The summed E-state index contributed by atoms with van der Waals surface area (Å²) in [6.07, 6.45) is 0.528. The molecule has 0 unspecified atom stereocenters. The Bertz CT molecular complexity index is 1200. The zero-order valence-electron chi connectivity index (χ0n) is 18.2. The van der Waals surface area contributed by atoms with Crippen molar-refractivity contribution in [3.8, 4) is 29.0 Å². The van der Waals surface area contributed by atoms with Crippen LogP contribution < -0.4 is 10.1 Å². The number of aliphatic hydroxyl groups is 1. The summed E-state index contributed by atoms with van der Waals surface area (Å²) in [7, 11) is 0. The number of aliphatic hydroxyl groups excluding tert-OH is 1. The molecule has 2 atom stereocenters. The average Bonchev–Trinajstić information content (AvgIpc) is 3.66. The fourth-order valence-corrected chi connectivity index (χ4v) is 3.83. The lowest BCUT2D eigenvalue weighted by Gasteiger charge is -2.34. The van der Waals surface area contributed by atoms with Crippen LogP contribution >= 0.6 is 0 Å². The largest absolute Gasteiger partial charge is 0.486 e. The number of halogens is 1. The Balaban J connectivity index is 1.48. The van der Waals surface area contributed by atoms with Gasteiger partial charge < -0.3 is 20.1 Å². The molecule has 2 aliphatic rings. The van der Waals surface area contributed by atoms with Crippen LogP contribution in [0, 0.1) is 28.1 Å². The van der Waals surface area contributed by atoms with E-state index in [0.717, 1.165) is 0 Å². The lowest BCUT2D eigenvalue weighted by Crippen LogP contribution is -2.50. The van der Waals surface area contributed by atoms with Gasteiger partial charge in [0.2, 0.25) is 11.8 Å². The molecule has 34 heavy (non-hydrogen) atoms. The molecule has 0 spiro atoms. The van der Waals surface area contributed by atoms with E-state index in [2.05, 4.69) is 16.4 Å². The van der Waals surface area contributed by atoms with Crippen LogP contribution in [-0.2, 0) is 9.59 Å². The van der Waals surface area contributed by atoms with Crippen LogP contribution in [0.25, 0.3) is 11.1 Å². The summed E-state index contributed by atoms with van der Waals surface area (Å²) in [5, 5.41) is 30.4. The van der Waals surface area contributed by atoms with Gasteiger partial charge in [-0.1, -0.05) is 6.07 Å². The molecule has 2 heterocycles. The molecule has 0 bridgehead atoms. The third-order valence-electron chi connectivity index (χ3n) is 6.08. The van der Waals surface area contributed by atoms with Crippen LogP contribution in [0.2, 0.25) is 0 Å². The topological polar surface area (TPSA) is 139 Å². The molecule has 174 valence electrons. The number of ether oxygens (including phenoxy) is 1. The Hall–Kier alpha value is -4.02. The monoisotopic (exact) mass is 463 g/mol. The Kier molecular flexibility index (Phi) is 6.44.